The summed E-state index contributed by atoms with van der Waals surface area (Å²) in [5.74, 6) is 0.677. The lowest BCUT2D eigenvalue weighted by molar-refractivity contribution is 0.0427. The van der Waals surface area contributed by atoms with Crippen molar-refractivity contribution in [3.05, 3.63) is 48.3 Å². The van der Waals surface area contributed by atoms with Crippen LogP contribution in [0.25, 0.3) is 11.4 Å². The Kier molecular flexibility index (Phi) is 4.21. The summed E-state index contributed by atoms with van der Waals surface area (Å²) in [6.45, 7) is 5.97. The zero-order valence-electron chi connectivity index (χ0n) is 13.2. The number of benzene rings is 1. The molecule has 0 aliphatic carbocycles. The van der Waals surface area contributed by atoms with E-state index in [1.165, 1.54) is 0 Å². The second kappa shape index (κ2) is 6.13. The van der Waals surface area contributed by atoms with Gasteiger partial charge in [0.15, 0.2) is 5.82 Å². The molecule has 0 bridgehead atoms. The number of rotatable bonds is 3. The Hall–Kier alpha value is -1.81. The lowest BCUT2D eigenvalue weighted by atomic mass is 9.85. The van der Waals surface area contributed by atoms with Crippen molar-refractivity contribution < 1.29 is 4.39 Å². The van der Waals surface area contributed by atoms with Gasteiger partial charge in [0.25, 0.3) is 0 Å². The van der Waals surface area contributed by atoms with Gasteiger partial charge in [0.05, 0.1) is 0 Å². The van der Waals surface area contributed by atoms with E-state index in [9.17, 15) is 0 Å². The van der Waals surface area contributed by atoms with Crippen LogP contribution in [0.2, 0.25) is 0 Å². The third-order valence-corrected chi connectivity index (χ3v) is 4.55. The van der Waals surface area contributed by atoms with Crippen molar-refractivity contribution >= 4 is 0 Å². The molecule has 4 heteroatoms. The summed E-state index contributed by atoms with van der Waals surface area (Å²) in [4.78, 5) is 10.8. The smallest absolute Gasteiger partial charge is 0.159 e. The minimum absolute atomic E-state index is 0.488. The number of nitrogens with zero attached hydrogens (tertiary/aromatic N) is 3. The standard InChI is InChI=1S/C18H22FN3/c1-14(2)22-12-8-18(19,9-13-22)16-6-4-15(5-7-16)17-20-10-3-11-21-17/h3-7,10-11,14H,8-9,12-13H2,1-2H3. The molecule has 0 unspecified atom stereocenters. The van der Waals surface area contributed by atoms with Crippen LogP contribution in [0, 0.1) is 0 Å². The van der Waals surface area contributed by atoms with Gasteiger partial charge in [0.1, 0.15) is 5.67 Å². The van der Waals surface area contributed by atoms with Crippen LogP contribution in [-0.4, -0.2) is 34.0 Å². The lowest BCUT2D eigenvalue weighted by Crippen LogP contribution is -2.43. The van der Waals surface area contributed by atoms with Crippen LogP contribution in [0.4, 0.5) is 4.39 Å². The molecule has 22 heavy (non-hydrogen) atoms. The van der Waals surface area contributed by atoms with E-state index < -0.39 is 5.67 Å². The summed E-state index contributed by atoms with van der Waals surface area (Å²) in [7, 11) is 0. The molecule has 0 amide bonds. The van der Waals surface area contributed by atoms with Crippen molar-refractivity contribution in [1.29, 1.82) is 0 Å². The molecule has 2 aromatic rings. The molecule has 1 aliphatic rings. The fourth-order valence-corrected chi connectivity index (χ4v) is 3.05. The molecule has 116 valence electrons. The average molecular weight is 299 g/mol. The Balaban J connectivity index is 1.76. The first kappa shape index (κ1) is 15.1. The van der Waals surface area contributed by atoms with Crippen molar-refractivity contribution in [2.75, 3.05) is 13.1 Å². The Bertz CT molecular complexity index is 602. The van der Waals surface area contributed by atoms with Gasteiger partial charge in [-0.15, -0.1) is 0 Å². The molecule has 1 aliphatic heterocycles. The van der Waals surface area contributed by atoms with Crippen molar-refractivity contribution in [2.24, 2.45) is 0 Å². The second-order valence-electron chi connectivity index (χ2n) is 6.24. The van der Waals surface area contributed by atoms with Crippen LogP contribution in [0.15, 0.2) is 42.7 Å². The molecule has 2 heterocycles. The van der Waals surface area contributed by atoms with Crippen LogP contribution in [0.1, 0.15) is 32.3 Å². The highest BCUT2D eigenvalue weighted by molar-refractivity contribution is 5.55. The SMILES string of the molecule is CC(C)N1CCC(F)(c2ccc(-c3ncccn3)cc2)CC1. The number of alkyl halides is 1. The van der Waals surface area contributed by atoms with Gasteiger partial charge >= 0.3 is 0 Å². The maximum Gasteiger partial charge on any atom is 0.159 e. The molecular weight excluding hydrogens is 277 g/mol. The van der Waals surface area contributed by atoms with Crippen LogP contribution in [-0.2, 0) is 5.67 Å². The monoisotopic (exact) mass is 299 g/mol. The van der Waals surface area contributed by atoms with Gasteiger partial charge in [0, 0.05) is 37.1 Å². The first-order chi connectivity index (χ1) is 10.6. The van der Waals surface area contributed by atoms with Gasteiger partial charge < -0.3 is 4.90 Å². The maximum absolute atomic E-state index is 15.2. The number of hydrogen-bond donors (Lipinski definition) is 0. The van der Waals surface area contributed by atoms with E-state index >= 15 is 4.39 Å². The zero-order valence-corrected chi connectivity index (χ0v) is 13.2. The minimum Gasteiger partial charge on any atom is -0.301 e. The summed E-state index contributed by atoms with van der Waals surface area (Å²) in [5, 5.41) is 0. The van der Waals surface area contributed by atoms with Crippen molar-refractivity contribution in [1.82, 2.24) is 14.9 Å². The quantitative estimate of drug-likeness (QED) is 0.863. The van der Waals surface area contributed by atoms with Gasteiger partial charge in [-0.25, -0.2) is 14.4 Å². The van der Waals surface area contributed by atoms with Crippen LogP contribution < -0.4 is 0 Å². The Morgan fingerprint density at radius 3 is 2.18 bits per heavy atom. The fraction of sp³-hybridized carbons (Fsp3) is 0.444. The molecule has 3 nitrogen and oxygen atoms in total. The topological polar surface area (TPSA) is 29.0 Å². The molecule has 0 N–H and O–H groups in total. The third-order valence-electron chi connectivity index (χ3n) is 4.55. The molecular formula is C18H22FN3. The zero-order chi connectivity index (χ0) is 15.6. The summed E-state index contributed by atoms with van der Waals surface area (Å²) in [6.07, 6.45) is 4.56. The van der Waals surface area contributed by atoms with Gasteiger partial charge in [0.2, 0.25) is 0 Å². The van der Waals surface area contributed by atoms with Crippen molar-refractivity contribution in [3.8, 4) is 11.4 Å². The van der Waals surface area contributed by atoms with Gasteiger partial charge in [-0.2, -0.15) is 0 Å². The van der Waals surface area contributed by atoms with E-state index in [-0.39, 0.29) is 0 Å². The molecule has 1 fully saturated rings. The number of halogens is 1. The largest absolute Gasteiger partial charge is 0.301 e. The molecule has 0 saturated carbocycles. The molecule has 0 radical (unpaired) electrons. The van der Waals surface area contributed by atoms with E-state index in [1.54, 1.807) is 18.5 Å². The van der Waals surface area contributed by atoms with E-state index in [2.05, 4.69) is 28.7 Å². The van der Waals surface area contributed by atoms with E-state index in [4.69, 9.17) is 0 Å². The van der Waals surface area contributed by atoms with E-state index in [0.29, 0.717) is 24.7 Å². The molecule has 1 saturated heterocycles. The summed E-state index contributed by atoms with van der Waals surface area (Å²) < 4.78 is 15.2. The van der Waals surface area contributed by atoms with E-state index in [0.717, 1.165) is 24.2 Å². The number of aromatic nitrogens is 2. The summed E-state index contributed by atoms with van der Waals surface area (Å²) >= 11 is 0. The first-order valence-corrected chi connectivity index (χ1v) is 7.89. The normalized spacial score (nSPS) is 18.5. The van der Waals surface area contributed by atoms with Gasteiger partial charge in [-0.3, -0.25) is 0 Å². The number of hydrogen-bond acceptors (Lipinski definition) is 3. The number of likely N-dealkylation sites (tertiary alicyclic amines) is 1. The third kappa shape index (κ3) is 3.02. The molecule has 1 aromatic heterocycles. The molecule has 0 atom stereocenters. The second-order valence-corrected chi connectivity index (χ2v) is 6.24. The first-order valence-electron chi connectivity index (χ1n) is 7.89. The highest BCUT2D eigenvalue weighted by atomic mass is 19.1. The van der Waals surface area contributed by atoms with Gasteiger partial charge in [-0.05, 0) is 38.3 Å². The lowest BCUT2D eigenvalue weighted by Gasteiger charge is -2.38. The summed E-state index contributed by atoms with van der Waals surface area (Å²) in [6, 6.07) is 9.88. The number of piperidine rings is 1. The van der Waals surface area contributed by atoms with E-state index in [1.807, 2.05) is 24.3 Å². The van der Waals surface area contributed by atoms with Crippen molar-refractivity contribution in [3.63, 3.8) is 0 Å². The summed E-state index contributed by atoms with van der Waals surface area (Å²) in [5.41, 5.74) is 0.490. The molecule has 1 aromatic carbocycles. The van der Waals surface area contributed by atoms with Gasteiger partial charge in [-0.1, -0.05) is 24.3 Å². The predicted molar refractivity (Wildman–Crippen MR) is 86.2 cm³/mol. The maximum atomic E-state index is 15.2. The van der Waals surface area contributed by atoms with Crippen molar-refractivity contribution in [2.45, 2.75) is 38.4 Å². The molecule has 3 rings (SSSR count). The highest BCUT2D eigenvalue weighted by Crippen LogP contribution is 2.37. The van der Waals surface area contributed by atoms with Crippen LogP contribution in [0.3, 0.4) is 0 Å². The average Bonchev–Trinajstić information content (AvgIpc) is 2.56. The van der Waals surface area contributed by atoms with Crippen LogP contribution >= 0.6 is 0 Å². The minimum atomic E-state index is -1.21. The van der Waals surface area contributed by atoms with Crippen LogP contribution in [0.5, 0.6) is 0 Å². The highest BCUT2D eigenvalue weighted by Gasteiger charge is 2.36. The molecule has 0 spiro atoms. The Morgan fingerprint density at radius 2 is 1.64 bits per heavy atom. The Morgan fingerprint density at radius 1 is 1.05 bits per heavy atom. The Labute approximate surface area is 131 Å². The predicted octanol–water partition coefficient (Wildman–Crippen LogP) is 3.81. The fourth-order valence-electron chi connectivity index (χ4n) is 3.05.